The second kappa shape index (κ2) is 3.40. The van der Waals surface area contributed by atoms with Crippen LogP contribution in [0.4, 0.5) is 0 Å². The molecule has 4 heteroatoms. The molecule has 0 amide bonds. The van der Waals surface area contributed by atoms with E-state index in [1.807, 2.05) is 35.1 Å². The van der Waals surface area contributed by atoms with Crippen LogP contribution in [-0.2, 0) is 6.61 Å². The van der Waals surface area contributed by atoms with Gasteiger partial charge in [0, 0.05) is 6.20 Å². The Kier molecular flexibility index (Phi) is 2.24. The first-order valence-corrected chi connectivity index (χ1v) is 5.20. The SMILES string of the molecule is CSc1nc(CO)c2ccccn12. The molecule has 2 aromatic heterocycles. The van der Waals surface area contributed by atoms with Crippen molar-refractivity contribution >= 4 is 17.3 Å². The lowest BCUT2D eigenvalue weighted by Crippen LogP contribution is -1.84. The normalized spacial score (nSPS) is 10.9. The number of aliphatic hydroxyl groups excluding tert-OH is 1. The van der Waals surface area contributed by atoms with Crippen molar-refractivity contribution in [3.05, 3.63) is 30.1 Å². The Labute approximate surface area is 80.4 Å². The third kappa shape index (κ3) is 1.32. The first-order valence-electron chi connectivity index (χ1n) is 3.97. The molecular formula is C9H10N2OS. The Bertz CT molecular complexity index is 386. The van der Waals surface area contributed by atoms with Crippen molar-refractivity contribution in [1.29, 1.82) is 0 Å². The van der Waals surface area contributed by atoms with Gasteiger partial charge in [-0.25, -0.2) is 4.98 Å². The summed E-state index contributed by atoms with van der Waals surface area (Å²) in [5.74, 6) is 0. The number of nitrogens with zero attached hydrogens (tertiary/aromatic N) is 2. The Morgan fingerprint density at radius 3 is 3.08 bits per heavy atom. The van der Waals surface area contributed by atoms with Crippen LogP contribution in [0, 0.1) is 0 Å². The van der Waals surface area contributed by atoms with Gasteiger partial charge in [0.15, 0.2) is 5.16 Å². The Morgan fingerprint density at radius 1 is 1.54 bits per heavy atom. The van der Waals surface area contributed by atoms with Gasteiger partial charge in [-0.15, -0.1) is 0 Å². The largest absolute Gasteiger partial charge is 0.390 e. The van der Waals surface area contributed by atoms with Crippen LogP contribution in [0.25, 0.3) is 5.52 Å². The second-order valence-corrected chi connectivity index (χ2v) is 3.43. The zero-order valence-electron chi connectivity index (χ0n) is 7.27. The van der Waals surface area contributed by atoms with E-state index in [2.05, 4.69) is 4.98 Å². The summed E-state index contributed by atoms with van der Waals surface area (Å²) < 4.78 is 1.98. The van der Waals surface area contributed by atoms with Crippen LogP contribution in [0.15, 0.2) is 29.6 Å². The van der Waals surface area contributed by atoms with Crippen LogP contribution < -0.4 is 0 Å². The minimum absolute atomic E-state index is 0.00588. The molecule has 2 rings (SSSR count). The summed E-state index contributed by atoms with van der Waals surface area (Å²) in [6.07, 6.45) is 3.93. The first-order chi connectivity index (χ1) is 6.36. The van der Waals surface area contributed by atoms with Gasteiger partial charge < -0.3 is 5.11 Å². The number of hydrogen-bond donors (Lipinski definition) is 1. The van der Waals surface area contributed by atoms with E-state index >= 15 is 0 Å². The van der Waals surface area contributed by atoms with Gasteiger partial charge in [-0.1, -0.05) is 17.8 Å². The lowest BCUT2D eigenvalue weighted by molar-refractivity contribution is 0.278. The van der Waals surface area contributed by atoms with Gasteiger partial charge in [0.2, 0.25) is 0 Å². The van der Waals surface area contributed by atoms with Crippen molar-refractivity contribution in [3.8, 4) is 0 Å². The number of thioether (sulfide) groups is 1. The highest BCUT2D eigenvalue weighted by molar-refractivity contribution is 7.98. The molecule has 0 spiro atoms. The van der Waals surface area contributed by atoms with Crippen molar-refractivity contribution in [2.75, 3.05) is 6.26 Å². The van der Waals surface area contributed by atoms with E-state index in [-0.39, 0.29) is 6.61 Å². The average Bonchev–Trinajstić information content (AvgIpc) is 2.56. The molecule has 0 atom stereocenters. The molecule has 0 bridgehead atoms. The highest BCUT2D eigenvalue weighted by Crippen LogP contribution is 2.19. The Hall–Kier alpha value is -1.00. The molecule has 0 aromatic carbocycles. The number of hydrogen-bond acceptors (Lipinski definition) is 3. The molecular weight excluding hydrogens is 184 g/mol. The molecule has 0 saturated carbocycles. The van der Waals surface area contributed by atoms with Gasteiger partial charge in [-0.3, -0.25) is 4.40 Å². The highest BCUT2D eigenvalue weighted by Gasteiger charge is 2.07. The number of imidazole rings is 1. The molecule has 2 heterocycles. The lowest BCUT2D eigenvalue weighted by Gasteiger charge is -1.95. The molecule has 0 saturated heterocycles. The average molecular weight is 194 g/mol. The number of aliphatic hydroxyl groups is 1. The lowest BCUT2D eigenvalue weighted by atomic mass is 10.3. The third-order valence-electron chi connectivity index (χ3n) is 1.92. The van der Waals surface area contributed by atoms with Gasteiger partial charge in [-0.2, -0.15) is 0 Å². The maximum atomic E-state index is 9.06. The zero-order chi connectivity index (χ0) is 9.26. The topological polar surface area (TPSA) is 37.5 Å². The van der Waals surface area contributed by atoms with Crippen LogP contribution in [0.3, 0.4) is 0 Å². The molecule has 0 aliphatic rings. The fourth-order valence-corrected chi connectivity index (χ4v) is 1.89. The first kappa shape index (κ1) is 8.59. The maximum absolute atomic E-state index is 9.06. The van der Waals surface area contributed by atoms with Crippen LogP contribution >= 0.6 is 11.8 Å². The highest BCUT2D eigenvalue weighted by atomic mass is 32.2. The van der Waals surface area contributed by atoms with Crippen LogP contribution in [0.2, 0.25) is 0 Å². The monoisotopic (exact) mass is 194 g/mol. The summed E-state index contributed by atoms with van der Waals surface area (Å²) in [4.78, 5) is 4.30. The zero-order valence-corrected chi connectivity index (χ0v) is 8.08. The van der Waals surface area contributed by atoms with E-state index in [9.17, 15) is 0 Å². The molecule has 0 fully saturated rings. The van der Waals surface area contributed by atoms with Crippen LogP contribution in [-0.4, -0.2) is 20.7 Å². The van der Waals surface area contributed by atoms with Crippen LogP contribution in [0.5, 0.6) is 0 Å². The quantitative estimate of drug-likeness (QED) is 0.737. The number of rotatable bonds is 2. The molecule has 3 nitrogen and oxygen atoms in total. The summed E-state index contributed by atoms with van der Waals surface area (Å²) >= 11 is 1.58. The fraction of sp³-hybridized carbons (Fsp3) is 0.222. The smallest absolute Gasteiger partial charge is 0.172 e. The molecule has 13 heavy (non-hydrogen) atoms. The summed E-state index contributed by atoms with van der Waals surface area (Å²) in [6.45, 7) is -0.00588. The number of aromatic nitrogens is 2. The standard InChI is InChI=1S/C9H10N2OS/c1-13-9-10-7(6-12)8-4-2-3-5-11(8)9/h2-5,12H,6H2,1H3. The minimum atomic E-state index is -0.00588. The Balaban J connectivity index is 2.74. The molecule has 0 aliphatic heterocycles. The predicted molar refractivity (Wildman–Crippen MR) is 52.9 cm³/mol. The molecule has 0 aliphatic carbocycles. The second-order valence-electron chi connectivity index (χ2n) is 2.66. The molecule has 0 radical (unpaired) electrons. The van der Waals surface area contributed by atoms with Gasteiger partial charge in [0.25, 0.3) is 0 Å². The van der Waals surface area contributed by atoms with Gasteiger partial charge in [0.1, 0.15) is 0 Å². The number of fused-ring (bicyclic) bond motifs is 1. The van der Waals surface area contributed by atoms with Crippen molar-refractivity contribution in [1.82, 2.24) is 9.38 Å². The number of pyridine rings is 1. The summed E-state index contributed by atoms with van der Waals surface area (Å²) in [5, 5.41) is 9.98. The van der Waals surface area contributed by atoms with Gasteiger partial charge in [0.05, 0.1) is 17.8 Å². The van der Waals surface area contributed by atoms with E-state index in [1.165, 1.54) is 0 Å². The van der Waals surface area contributed by atoms with Crippen molar-refractivity contribution < 1.29 is 5.11 Å². The maximum Gasteiger partial charge on any atom is 0.172 e. The van der Waals surface area contributed by atoms with E-state index in [4.69, 9.17) is 5.11 Å². The molecule has 0 unspecified atom stereocenters. The van der Waals surface area contributed by atoms with Crippen LogP contribution in [0.1, 0.15) is 5.69 Å². The van der Waals surface area contributed by atoms with E-state index in [0.29, 0.717) is 0 Å². The van der Waals surface area contributed by atoms with Gasteiger partial charge >= 0.3 is 0 Å². The van der Waals surface area contributed by atoms with Crippen molar-refractivity contribution in [3.63, 3.8) is 0 Å². The minimum Gasteiger partial charge on any atom is -0.390 e. The summed E-state index contributed by atoms with van der Waals surface area (Å²) in [6, 6.07) is 5.86. The van der Waals surface area contributed by atoms with E-state index in [1.54, 1.807) is 11.8 Å². The van der Waals surface area contributed by atoms with Crippen molar-refractivity contribution in [2.45, 2.75) is 11.8 Å². The molecule has 68 valence electrons. The van der Waals surface area contributed by atoms with Gasteiger partial charge in [-0.05, 0) is 18.4 Å². The molecule has 1 N–H and O–H groups in total. The summed E-state index contributed by atoms with van der Waals surface area (Å²) in [5.41, 5.74) is 1.72. The predicted octanol–water partition coefficient (Wildman–Crippen LogP) is 1.55. The van der Waals surface area contributed by atoms with E-state index < -0.39 is 0 Å². The fourth-order valence-electron chi connectivity index (χ4n) is 1.33. The summed E-state index contributed by atoms with van der Waals surface area (Å²) in [7, 11) is 0. The molecule has 2 aromatic rings. The van der Waals surface area contributed by atoms with Crippen molar-refractivity contribution in [2.24, 2.45) is 0 Å². The Morgan fingerprint density at radius 2 is 2.38 bits per heavy atom. The van der Waals surface area contributed by atoms with E-state index in [0.717, 1.165) is 16.4 Å². The third-order valence-corrected chi connectivity index (χ3v) is 2.58.